The van der Waals surface area contributed by atoms with Crippen LogP contribution in [-0.4, -0.2) is 55.5 Å². The molecule has 2 aromatic rings. The van der Waals surface area contributed by atoms with E-state index in [2.05, 4.69) is 34.9 Å². The molecule has 2 aliphatic rings. The van der Waals surface area contributed by atoms with Crippen molar-refractivity contribution in [3.05, 3.63) is 59.7 Å². The number of nitrogens with one attached hydrogen (secondary N) is 2. The lowest BCUT2D eigenvalue weighted by molar-refractivity contribution is -0.141. The van der Waals surface area contributed by atoms with Crippen molar-refractivity contribution in [3.63, 3.8) is 0 Å². The molecular formula is C27H32N2O6. The Balaban J connectivity index is 1.21. The monoisotopic (exact) mass is 480 g/mol. The Kier molecular flexibility index (Phi) is 7.40. The lowest BCUT2D eigenvalue weighted by Crippen LogP contribution is -2.42. The number of aliphatic carboxylic acids is 1. The normalized spacial score (nSPS) is 19.0. The zero-order chi connectivity index (χ0) is 25.0. The van der Waals surface area contributed by atoms with Gasteiger partial charge in [-0.1, -0.05) is 62.4 Å². The molecule has 1 fully saturated rings. The number of carbonyl (C=O) groups excluding carboxylic acids is 2. The molecule has 0 radical (unpaired) electrons. The topological polar surface area (TPSA) is 114 Å². The summed E-state index contributed by atoms with van der Waals surface area (Å²) in [6.07, 6.45) is 0.00281. The first kappa shape index (κ1) is 24.7. The van der Waals surface area contributed by atoms with Crippen molar-refractivity contribution >= 4 is 18.0 Å². The average Bonchev–Trinajstić information content (AvgIpc) is 3.44. The molecule has 4 rings (SSSR count). The van der Waals surface area contributed by atoms with Crippen molar-refractivity contribution in [2.75, 3.05) is 26.3 Å². The van der Waals surface area contributed by atoms with Gasteiger partial charge in [0.1, 0.15) is 6.61 Å². The van der Waals surface area contributed by atoms with Gasteiger partial charge in [0.2, 0.25) is 5.91 Å². The van der Waals surface area contributed by atoms with Gasteiger partial charge in [0.05, 0.1) is 18.6 Å². The summed E-state index contributed by atoms with van der Waals surface area (Å²) in [4.78, 5) is 36.0. The quantitative estimate of drug-likeness (QED) is 0.506. The van der Waals surface area contributed by atoms with Crippen molar-refractivity contribution in [1.29, 1.82) is 0 Å². The smallest absolute Gasteiger partial charge is 0.407 e. The van der Waals surface area contributed by atoms with Crippen LogP contribution in [0.5, 0.6) is 0 Å². The van der Waals surface area contributed by atoms with Crippen LogP contribution in [0.3, 0.4) is 0 Å². The van der Waals surface area contributed by atoms with Crippen molar-refractivity contribution in [1.82, 2.24) is 10.6 Å². The lowest BCUT2D eigenvalue weighted by atomic mass is 9.88. The van der Waals surface area contributed by atoms with Crippen molar-refractivity contribution in [2.24, 2.45) is 11.3 Å². The van der Waals surface area contributed by atoms with Crippen LogP contribution in [-0.2, 0) is 19.1 Å². The molecule has 1 aliphatic carbocycles. The van der Waals surface area contributed by atoms with Gasteiger partial charge >= 0.3 is 12.1 Å². The molecular weight excluding hydrogens is 448 g/mol. The van der Waals surface area contributed by atoms with E-state index in [1.807, 2.05) is 24.3 Å². The third kappa shape index (κ3) is 5.65. The van der Waals surface area contributed by atoms with Crippen LogP contribution in [0.2, 0.25) is 0 Å². The van der Waals surface area contributed by atoms with Crippen molar-refractivity contribution in [3.8, 4) is 11.1 Å². The largest absolute Gasteiger partial charge is 0.481 e. The summed E-state index contributed by atoms with van der Waals surface area (Å²) in [6.45, 7) is 4.57. The molecule has 1 aliphatic heterocycles. The van der Waals surface area contributed by atoms with Crippen LogP contribution in [0.1, 0.15) is 43.7 Å². The fraction of sp³-hybridized carbons (Fsp3) is 0.444. The van der Waals surface area contributed by atoms with Gasteiger partial charge < -0.3 is 25.2 Å². The van der Waals surface area contributed by atoms with E-state index in [-0.39, 0.29) is 44.2 Å². The molecule has 1 heterocycles. The Hall–Kier alpha value is -3.39. The predicted octanol–water partition coefficient (Wildman–Crippen LogP) is 3.55. The van der Waals surface area contributed by atoms with Gasteiger partial charge in [-0.15, -0.1) is 0 Å². The number of alkyl carbamates (subject to hydrolysis) is 1. The van der Waals surface area contributed by atoms with E-state index in [0.29, 0.717) is 12.8 Å². The first-order valence-corrected chi connectivity index (χ1v) is 12.0. The van der Waals surface area contributed by atoms with Crippen molar-refractivity contribution < 1.29 is 29.0 Å². The molecule has 2 aromatic carbocycles. The zero-order valence-electron chi connectivity index (χ0n) is 20.1. The lowest BCUT2D eigenvalue weighted by Gasteiger charge is -2.24. The highest BCUT2D eigenvalue weighted by atomic mass is 16.5. The van der Waals surface area contributed by atoms with E-state index in [0.717, 1.165) is 11.1 Å². The second-order valence-corrected chi connectivity index (χ2v) is 9.82. The molecule has 0 spiro atoms. The zero-order valence-corrected chi connectivity index (χ0v) is 20.1. The third-order valence-corrected chi connectivity index (χ3v) is 6.90. The summed E-state index contributed by atoms with van der Waals surface area (Å²) in [6, 6.07) is 16.3. The average molecular weight is 481 g/mol. The minimum Gasteiger partial charge on any atom is -0.481 e. The Labute approximate surface area is 205 Å². The highest BCUT2D eigenvalue weighted by molar-refractivity contribution is 5.82. The molecule has 2 atom stereocenters. The second kappa shape index (κ2) is 10.5. The number of carbonyl (C=O) groups is 3. The Morgan fingerprint density at radius 2 is 1.66 bits per heavy atom. The van der Waals surface area contributed by atoms with Gasteiger partial charge in [0, 0.05) is 24.4 Å². The Morgan fingerprint density at radius 1 is 1.03 bits per heavy atom. The van der Waals surface area contributed by atoms with Gasteiger partial charge in [-0.3, -0.25) is 9.59 Å². The first-order chi connectivity index (χ1) is 16.8. The number of fused-ring (bicyclic) bond motifs is 3. The number of hydrogen-bond acceptors (Lipinski definition) is 5. The maximum absolute atomic E-state index is 12.6. The number of hydrogen-bond donors (Lipinski definition) is 3. The maximum atomic E-state index is 12.6. The van der Waals surface area contributed by atoms with E-state index < -0.39 is 23.4 Å². The second-order valence-electron chi connectivity index (χ2n) is 9.82. The van der Waals surface area contributed by atoms with Gasteiger partial charge in [0.25, 0.3) is 0 Å². The summed E-state index contributed by atoms with van der Waals surface area (Å²) >= 11 is 0. The fourth-order valence-corrected chi connectivity index (χ4v) is 4.71. The molecule has 0 aromatic heterocycles. The van der Waals surface area contributed by atoms with Gasteiger partial charge in [-0.2, -0.15) is 0 Å². The van der Waals surface area contributed by atoms with E-state index in [1.165, 1.54) is 11.1 Å². The van der Waals surface area contributed by atoms with Crippen LogP contribution >= 0.6 is 0 Å². The van der Waals surface area contributed by atoms with Gasteiger partial charge in [-0.25, -0.2) is 4.79 Å². The van der Waals surface area contributed by atoms with E-state index in [1.54, 1.807) is 13.8 Å². The molecule has 3 N–H and O–H groups in total. The molecule has 2 amide bonds. The number of rotatable bonds is 9. The van der Waals surface area contributed by atoms with Crippen molar-refractivity contribution in [2.45, 2.75) is 38.7 Å². The maximum Gasteiger partial charge on any atom is 0.407 e. The molecule has 8 nitrogen and oxygen atoms in total. The minimum absolute atomic E-state index is 0.00565. The number of amides is 2. The SMILES string of the molecule is CC(C)(CCNC(=O)OCC1c2ccccc2-c2ccccc21)C(=O)NCC1CC(C(=O)O)CO1. The molecule has 0 bridgehead atoms. The Morgan fingerprint density at radius 3 is 2.26 bits per heavy atom. The Bertz CT molecular complexity index is 1050. The predicted molar refractivity (Wildman–Crippen MR) is 130 cm³/mol. The molecule has 8 heteroatoms. The third-order valence-electron chi connectivity index (χ3n) is 6.90. The number of carboxylic acid groups (broad SMARTS) is 1. The number of ether oxygens (including phenoxy) is 2. The standard InChI is InChI=1S/C27H32N2O6/c1-27(2,25(32)29-14-18-13-17(15-34-18)24(30)31)11-12-28-26(33)35-16-23-21-9-5-3-7-19(21)20-8-4-6-10-22(20)23/h3-10,17-18,23H,11-16H2,1-2H3,(H,28,33)(H,29,32)(H,30,31). The van der Waals surface area contributed by atoms with E-state index >= 15 is 0 Å². The fourth-order valence-electron chi connectivity index (χ4n) is 4.71. The number of benzene rings is 2. The molecule has 0 saturated carbocycles. The van der Waals surface area contributed by atoms with Gasteiger partial charge in [-0.05, 0) is 35.1 Å². The molecule has 2 unspecified atom stereocenters. The molecule has 35 heavy (non-hydrogen) atoms. The minimum atomic E-state index is -0.876. The molecule has 186 valence electrons. The summed E-state index contributed by atoms with van der Waals surface area (Å²) in [5.74, 6) is -1.58. The highest BCUT2D eigenvalue weighted by Crippen LogP contribution is 2.44. The first-order valence-electron chi connectivity index (χ1n) is 12.0. The molecule has 1 saturated heterocycles. The highest BCUT2D eigenvalue weighted by Gasteiger charge is 2.33. The van der Waals surface area contributed by atoms with Crippen LogP contribution in [0.25, 0.3) is 11.1 Å². The van der Waals surface area contributed by atoms with Crippen LogP contribution < -0.4 is 10.6 Å². The van der Waals surface area contributed by atoms with Crippen LogP contribution in [0.15, 0.2) is 48.5 Å². The van der Waals surface area contributed by atoms with E-state index in [4.69, 9.17) is 14.6 Å². The van der Waals surface area contributed by atoms with Gasteiger partial charge in [0.15, 0.2) is 0 Å². The van der Waals surface area contributed by atoms with Crippen LogP contribution in [0.4, 0.5) is 4.79 Å². The van der Waals surface area contributed by atoms with E-state index in [9.17, 15) is 14.4 Å². The summed E-state index contributed by atoms with van der Waals surface area (Å²) in [5.41, 5.74) is 3.93. The summed E-state index contributed by atoms with van der Waals surface area (Å²) < 4.78 is 11.0. The van der Waals surface area contributed by atoms with Crippen LogP contribution in [0, 0.1) is 11.3 Å². The summed E-state index contributed by atoms with van der Waals surface area (Å²) in [5, 5.41) is 14.6. The number of carboxylic acids is 1. The summed E-state index contributed by atoms with van der Waals surface area (Å²) in [7, 11) is 0.